The number of halogens is 1. The molecule has 3 rings (SSSR count). The van der Waals surface area contributed by atoms with E-state index in [1.54, 1.807) is 23.1 Å². The molecule has 2 aromatic carbocycles. The summed E-state index contributed by atoms with van der Waals surface area (Å²) in [6, 6.07) is 14.5. The normalized spacial score (nSPS) is 18.0. The number of para-hydroxylation sites is 1. The fraction of sp³-hybridized carbons (Fsp3) is 0.381. The third-order valence-corrected chi connectivity index (χ3v) is 6.97. The van der Waals surface area contributed by atoms with Gasteiger partial charge < -0.3 is 9.64 Å². The van der Waals surface area contributed by atoms with E-state index in [1.807, 2.05) is 37.3 Å². The molecule has 0 unspecified atom stereocenters. The molecule has 5 nitrogen and oxygen atoms in total. The zero-order valence-electron chi connectivity index (χ0n) is 15.8. The molecule has 150 valence electrons. The maximum Gasteiger partial charge on any atom is 0.258 e. The molecule has 1 heterocycles. The maximum absolute atomic E-state index is 13.5. The zero-order valence-corrected chi connectivity index (χ0v) is 18.2. The number of amides is 1. The summed E-state index contributed by atoms with van der Waals surface area (Å²) < 4.78 is 30.8. The molecule has 0 radical (unpaired) electrons. The highest BCUT2D eigenvalue weighted by molar-refractivity contribution is 9.10. The predicted molar refractivity (Wildman–Crippen MR) is 113 cm³/mol. The summed E-state index contributed by atoms with van der Waals surface area (Å²) in [7, 11) is -3.12. The Hall–Kier alpha value is -1.86. The fourth-order valence-electron chi connectivity index (χ4n) is 3.36. The Kier molecular flexibility index (Phi) is 6.78. The van der Waals surface area contributed by atoms with Crippen LogP contribution in [0.2, 0.25) is 0 Å². The molecule has 7 heteroatoms. The Morgan fingerprint density at radius 3 is 2.68 bits per heavy atom. The van der Waals surface area contributed by atoms with Crippen LogP contribution in [0.1, 0.15) is 35.7 Å². The molecule has 0 spiro atoms. The third kappa shape index (κ3) is 5.14. The number of hydrogen-bond donors (Lipinski definition) is 0. The topological polar surface area (TPSA) is 63.7 Å². The standard InChI is InChI=1S/C21H24BrNO4S/c1-2-11-27-20-9-4-3-8-19(20)21(24)23(18-10-12-28(25,26)15-18)14-16-6-5-7-17(22)13-16/h3-9,13,18H,2,10-12,14-15H2,1H3/t18-/m0/s1. The van der Waals surface area contributed by atoms with Crippen LogP contribution in [0.25, 0.3) is 0 Å². The molecule has 0 aromatic heterocycles. The largest absolute Gasteiger partial charge is 0.493 e. The average molecular weight is 466 g/mol. The monoisotopic (exact) mass is 465 g/mol. The van der Waals surface area contributed by atoms with Crippen molar-refractivity contribution in [3.05, 3.63) is 64.1 Å². The molecule has 1 aliphatic rings. The summed E-state index contributed by atoms with van der Waals surface area (Å²) in [5.41, 5.74) is 1.41. The van der Waals surface area contributed by atoms with Crippen LogP contribution >= 0.6 is 15.9 Å². The van der Waals surface area contributed by atoms with Gasteiger partial charge in [-0.25, -0.2) is 8.42 Å². The lowest BCUT2D eigenvalue weighted by atomic mass is 10.1. The molecule has 0 saturated carbocycles. The molecule has 1 amide bonds. The van der Waals surface area contributed by atoms with Crippen LogP contribution in [0.3, 0.4) is 0 Å². The van der Waals surface area contributed by atoms with E-state index in [9.17, 15) is 13.2 Å². The van der Waals surface area contributed by atoms with Crippen molar-refractivity contribution >= 4 is 31.7 Å². The van der Waals surface area contributed by atoms with E-state index in [2.05, 4.69) is 15.9 Å². The van der Waals surface area contributed by atoms with Gasteiger partial charge in [0, 0.05) is 17.1 Å². The van der Waals surface area contributed by atoms with Gasteiger partial charge in [-0.3, -0.25) is 4.79 Å². The van der Waals surface area contributed by atoms with Crippen molar-refractivity contribution in [2.24, 2.45) is 0 Å². The Morgan fingerprint density at radius 1 is 1.21 bits per heavy atom. The van der Waals surface area contributed by atoms with Crippen LogP contribution in [0.15, 0.2) is 53.0 Å². The number of ether oxygens (including phenoxy) is 1. The van der Waals surface area contributed by atoms with E-state index < -0.39 is 9.84 Å². The number of carbonyl (C=O) groups is 1. The number of carbonyl (C=O) groups excluding carboxylic acids is 1. The van der Waals surface area contributed by atoms with E-state index in [0.717, 1.165) is 16.5 Å². The highest BCUT2D eigenvalue weighted by atomic mass is 79.9. The highest BCUT2D eigenvalue weighted by Gasteiger charge is 2.35. The first-order valence-corrected chi connectivity index (χ1v) is 12.0. The first kappa shape index (κ1) is 20.9. The summed E-state index contributed by atoms with van der Waals surface area (Å²) in [6.07, 6.45) is 1.30. The van der Waals surface area contributed by atoms with E-state index in [1.165, 1.54) is 0 Å². The van der Waals surface area contributed by atoms with Gasteiger partial charge in [0.2, 0.25) is 0 Å². The zero-order chi connectivity index (χ0) is 20.1. The molecule has 1 saturated heterocycles. The summed E-state index contributed by atoms with van der Waals surface area (Å²) in [5, 5.41) is 0. The molecule has 2 aromatic rings. The molecule has 0 aliphatic carbocycles. The van der Waals surface area contributed by atoms with Crippen molar-refractivity contribution in [3.8, 4) is 5.75 Å². The Labute approximate surface area is 174 Å². The maximum atomic E-state index is 13.5. The summed E-state index contributed by atoms with van der Waals surface area (Å²) >= 11 is 3.46. The number of hydrogen-bond acceptors (Lipinski definition) is 4. The number of rotatable bonds is 7. The van der Waals surface area contributed by atoms with Crippen LogP contribution in [-0.4, -0.2) is 43.4 Å². The minimum atomic E-state index is -3.12. The van der Waals surface area contributed by atoms with E-state index in [0.29, 0.717) is 30.9 Å². The molecule has 0 bridgehead atoms. The van der Waals surface area contributed by atoms with Crippen molar-refractivity contribution in [2.75, 3.05) is 18.1 Å². The third-order valence-electron chi connectivity index (χ3n) is 4.73. The Bertz CT molecular complexity index is 945. The fourth-order valence-corrected chi connectivity index (χ4v) is 5.53. The van der Waals surface area contributed by atoms with Crippen LogP contribution < -0.4 is 4.74 Å². The lowest BCUT2D eigenvalue weighted by Crippen LogP contribution is -2.40. The van der Waals surface area contributed by atoms with Crippen molar-refractivity contribution in [1.29, 1.82) is 0 Å². The predicted octanol–water partition coefficient (Wildman–Crippen LogP) is 4.07. The second-order valence-corrected chi connectivity index (χ2v) is 10.1. The van der Waals surface area contributed by atoms with Gasteiger partial charge in [0.15, 0.2) is 9.84 Å². The van der Waals surface area contributed by atoms with E-state index >= 15 is 0 Å². The molecule has 1 fully saturated rings. The summed E-state index contributed by atoms with van der Waals surface area (Å²) in [4.78, 5) is 15.1. The van der Waals surface area contributed by atoms with Crippen LogP contribution in [0.5, 0.6) is 5.75 Å². The highest BCUT2D eigenvalue weighted by Crippen LogP contribution is 2.27. The van der Waals surface area contributed by atoms with Gasteiger partial charge in [-0.15, -0.1) is 0 Å². The number of nitrogens with zero attached hydrogens (tertiary/aromatic N) is 1. The van der Waals surface area contributed by atoms with Crippen LogP contribution in [-0.2, 0) is 16.4 Å². The van der Waals surface area contributed by atoms with Gasteiger partial charge in [-0.05, 0) is 42.7 Å². The second-order valence-electron chi connectivity index (χ2n) is 6.96. The summed E-state index contributed by atoms with van der Waals surface area (Å²) in [5.74, 6) is 0.460. The van der Waals surface area contributed by atoms with Crippen molar-refractivity contribution in [1.82, 2.24) is 4.90 Å². The molecule has 1 atom stereocenters. The van der Waals surface area contributed by atoms with E-state index in [-0.39, 0.29) is 23.5 Å². The van der Waals surface area contributed by atoms with Gasteiger partial charge >= 0.3 is 0 Å². The Morgan fingerprint density at radius 2 is 2.00 bits per heavy atom. The smallest absolute Gasteiger partial charge is 0.258 e. The minimum absolute atomic E-state index is 0.00469. The molecular formula is C21H24BrNO4S. The van der Waals surface area contributed by atoms with E-state index in [4.69, 9.17) is 4.74 Å². The minimum Gasteiger partial charge on any atom is -0.493 e. The van der Waals surface area contributed by atoms with Crippen molar-refractivity contribution < 1.29 is 17.9 Å². The van der Waals surface area contributed by atoms with Crippen LogP contribution in [0.4, 0.5) is 0 Å². The quantitative estimate of drug-likeness (QED) is 0.617. The van der Waals surface area contributed by atoms with Crippen molar-refractivity contribution in [2.45, 2.75) is 32.4 Å². The molecule has 1 aliphatic heterocycles. The first-order chi connectivity index (χ1) is 13.4. The SMILES string of the molecule is CCCOc1ccccc1C(=O)N(Cc1cccc(Br)c1)[C@H]1CCS(=O)(=O)C1. The molecule has 28 heavy (non-hydrogen) atoms. The molecular weight excluding hydrogens is 442 g/mol. The van der Waals surface area contributed by atoms with Gasteiger partial charge in [-0.1, -0.05) is 47.1 Å². The lowest BCUT2D eigenvalue weighted by molar-refractivity contribution is 0.0676. The van der Waals surface area contributed by atoms with Crippen LogP contribution in [0, 0.1) is 0 Å². The average Bonchev–Trinajstić information content (AvgIpc) is 3.03. The molecule has 0 N–H and O–H groups in total. The van der Waals surface area contributed by atoms with Gasteiger partial charge in [0.05, 0.1) is 23.7 Å². The summed E-state index contributed by atoms with van der Waals surface area (Å²) in [6.45, 7) is 2.88. The number of sulfone groups is 1. The van der Waals surface area contributed by atoms with Gasteiger partial charge in [0.25, 0.3) is 5.91 Å². The van der Waals surface area contributed by atoms with Crippen molar-refractivity contribution in [3.63, 3.8) is 0 Å². The first-order valence-electron chi connectivity index (χ1n) is 9.37. The number of benzene rings is 2. The Balaban J connectivity index is 1.93. The van der Waals surface area contributed by atoms with Gasteiger partial charge in [0.1, 0.15) is 5.75 Å². The second kappa shape index (κ2) is 9.09. The van der Waals surface area contributed by atoms with Gasteiger partial charge in [-0.2, -0.15) is 0 Å². The lowest BCUT2D eigenvalue weighted by Gasteiger charge is -2.29.